The first-order valence-corrected chi connectivity index (χ1v) is 9.86. The normalized spacial score (nSPS) is 23.3. The molecule has 13 heteroatoms. The topological polar surface area (TPSA) is 142 Å². The highest BCUT2D eigenvalue weighted by Gasteiger charge is 2.39. The van der Waals surface area contributed by atoms with E-state index >= 15 is 0 Å². The highest BCUT2D eigenvalue weighted by molar-refractivity contribution is 5.93. The molecule has 0 saturated carbocycles. The molecule has 0 bridgehead atoms. The summed E-state index contributed by atoms with van der Waals surface area (Å²) >= 11 is 0. The van der Waals surface area contributed by atoms with Crippen molar-refractivity contribution >= 4 is 22.8 Å². The second-order valence-electron chi connectivity index (χ2n) is 7.35. The average Bonchev–Trinajstić information content (AvgIpc) is 2.80. The summed E-state index contributed by atoms with van der Waals surface area (Å²) in [6.45, 7) is -0.297. The Hall–Kier alpha value is -3.42. The molecule has 0 radical (unpaired) electrons. The first kappa shape index (κ1) is 22.8. The number of hydrogen-bond donors (Lipinski definition) is 4. The lowest BCUT2D eigenvalue weighted by atomic mass is 9.98. The van der Waals surface area contributed by atoms with Crippen LogP contribution in [-0.2, 0) is 10.9 Å². The van der Waals surface area contributed by atoms with E-state index in [4.69, 9.17) is 4.74 Å². The molecule has 0 spiro atoms. The van der Waals surface area contributed by atoms with Crippen LogP contribution in [0.2, 0.25) is 0 Å². The van der Waals surface area contributed by atoms with Gasteiger partial charge in [0.1, 0.15) is 29.8 Å². The lowest BCUT2D eigenvalue weighted by molar-refractivity contribution is -0.141. The summed E-state index contributed by atoms with van der Waals surface area (Å²) in [5, 5.41) is 25.9. The van der Waals surface area contributed by atoms with Gasteiger partial charge in [0, 0.05) is 6.54 Å². The molecule has 1 saturated heterocycles. The number of nitrogens with one attached hydrogen (secondary N) is 2. The predicted molar refractivity (Wildman–Crippen MR) is 108 cm³/mol. The molecule has 2 aromatic heterocycles. The number of carbonyl (C=O) groups excluding carboxylic acids is 1. The van der Waals surface area contributed by atoms with Crippen molar-refractivity contribution in [3.63, 3.8) is 0 Å². The molecule has 0 unspecified atom stereocenters. The summed E-state index contributed by atoms with van der Waals surface area (Å²) in [4.78, 5) is 27.7. The standard InChI is InChI=1S/C20H19F3N6O4/c21-20(22,23)15-7-24-8-16(29-15)28-13-9-33-14(18(31)17(13)30)6-26-19(32)12-5-25-10-3-1-2-4-11(10)27-12/h1-5,7-8,13-14,17-18,30-31H,6,9H2,(H,26,32)(H,28,29)/t13-,14+,17+,18-/m0/s1. The zero-order valence-corrected chi connectivity index (χ0v) is 16.9. The fraction of sp³-hybridized carbons (Fsp3) is 0.350. The van der Waals surface area contributed by atoms with Crippen LogP contribution in [0.25, 0.3) is 11.0 Å². The Morgan fingerprint density at radius 1 is 1.09 bits per heavy atom. The van der Waals surface area contributed by atoms with Gasteiger partial charge in [-0.3, -0.25) is 14.8 Å². The zero-order chi connectivity index (χ0) is 23.6. The highest BCUT2D eigenvalue weighted by atomic mass is 19.4. The van der Waals surface area contributed by atoms with Gasteiger partial charge >= 0.3 is 6.18 Å². The van der Waals surface area contributed by atoms with Crippen molar-refractivity contribution in [2.24, 2.45) is 0 Å². The van der Waals surface area contributed by atoms with Crippen LogP contribution in [-0.4, -0.2) is 73.6 Å². The molecule has 1 aromatic carbocycles. The van der Waals surface area contributed by atoms with Crippen molar-refractivity contribution in [2.75, 3.05) is 18.5 Å². The van der Waals surface area contributed by atoms with Crippen LogP contribution in [0.3, 0.4) is 0 Å². The van der Waals surface area contributed by atoms with E-state index in [1.54, 1.807) is 24.3 Å². The van der Waals surface area contributed by atoms with E-state index in [1.807, 2.05) is 0 Å². The maximum atomic E-state index is 12.8. The van der Waals surface area contributed by atoms with Crippen molar-refractivity contribution in [2.45, 2.75) is 30.5 Å². The number of nitrogens with zero attached hydrogens (tertiary/aromatic N) is 4. The quantitative estimate of drug-likeness (QED) is 0.431. The fourth-order valence-electron chi connectivity index (χ4n) is 3.30. The molecule has 10 nitrogen and oxygen atoms in total. The zero-order valence-electron chi connectivity index (χ0n) is 16.9. The van der Waals surface area contributed by atoms with Gasteiger partial charge in [-0.2, -0.15) is 13.2 Å². The number of aliphatic hydroxyl groups excluding tert-OH is 2. The van der Waals surface area contributed by atoms with Gasteiger partial charge in [-0.25, -0.2) is 9.97 Å². The largest absolute Gasteiger partial charge is 0.434 e. The van der Waals surface area contributed by atoms with Crippen molar-refractivity contribution < 1.29 is 32.9 Å². The molecule has 33 heavy (non-hydrogen) atoms. The number of amides is 1. The molecule has 3 aromatic rings. The van der Waals surface area contributed by atoms with Gasteiger partial charge < -0.3 is 25.6 Å². The fourth-order valence-corrected chi connectivity index (χ4v) is 3.30. The number of alkyl halides is 3. The maximum absolute atomic E-state index is 12.8. The molecule has 1 amide bonds. The summed E-state index contributed by atoms with van der Waals surface area (Å²) in [5.74, 6) is -0.774. The minimum atomic E-state index is -4.68. The molecule has 0 aliphatic carbocycles. The number of halogens is 3. The molecule has 4 rings (SSSR count). The van der Waals surface area contributed by atoms with E-state index in [1.165, 1.54) is 6.20 Å². The van der Waals surface area contributed by atoms with E-state index in [9.17, 15) is 28.2 Å². The van der Waals surface area contributed by atoms with Crippen molar-refractivity contribution in [3.8, 4) is 0 Å². The van der Waals surface area contributed by atoms with Crippen LogP contribution >= 0.6 is 0 Å². The van der Waals surface area contributed by atoms with Crippen LogP contribution in [0, 0.1) is 0 Å². The van der Waals surface area contributed by atoms with Crippen LogP contribution in [0.15, 0.2) is 42.9 Å². The Morgan fingerprint density at radius 3 is 2.61 bits per heavy atom. The summed E-state index contributed by atoms with van der Waals surface area (Å²) in [7, 11) is 0. The third-order valence-electron chi connectivity index (χ3n) is 5.04. The van der Waals surface area contributed by atoms with Gasteiger partial charge in [-0.1, -0.05) is 12.1 Å². The van der Waals surface area contributed by atoms with Crippen LogP contribution in [0.4, 0.5) is 19.0 Å². The third-order valence-corrected chi connectivity index (χ3v) is 5.04. The molecule has 174 valence electrons. The number of anilines is 1. The molecule has 3 heterocycles. The van der Waals surface area contributed by atoms with Gasteiger partial charge in [0.05, 0.1) is 42.3 Å². The first-order chi connectivity index (χ1) is 15.7. The van der Waals surface area contributed by atoms with E-state index in [-0.39, 0.29) is 24.7 Å². The second kappa shape index (κ2) is 9.21. The number of rotatable bonds is 5. The smallest absolute Gasteiger partial charge is 0.388 e. The van der Waals surface area contributed by atoms with Gasteiger partial charge in [-0.05, 0) is 12.1 Å². The Balaban J connectivity index is 1.34. The Morgan fingerprint density at radius 2 is 1.85 bits per heavy atom. The number of benzene rings is 1. The molecule has 1 fully saturated rings. The summed E-state index contributed by atoms with van der Waals surface area (Å²) in [6.07, 6.45) is -5.51. The highest BCUT2D eigenvalue weighted by Crippen LogP contribution is 2.28. The van der Waals surface area contributed by atoms with Crippen molar-refractivity contribution in [3.05, 3.63) is 54.2 Å². The summed E-state index contributed by atoms with van der Waals surface area (Å²) in [6, 6.07) is 6.09. The van der Waals surface area contributed by atoms with Crippen LogP contribution in [0.5, 0.6) is 0 Å². The Labute approximate surface area is 184 Å². The second-order valence-corrected chi connectivity index (χ2v) is 7.35. The molecular weight excluding hydrogens is 445 g/mol. The van der Waals surface area contributed by atoms with Gasteiger partial charge in [-0.15, -0.1) is 0 Å². The summed E-state index contributed by atoms with van der Waals surface area (Å²) in [5.41, 5.74) is 0.0483. The summed E-state index contributed by atoms with van der Waals surface area (Å²) < 4.78 is 43.9. The molecular formula is C20H19F3N6O4. The van der Waals surface area contributed by atoms with Crippen LogP contribution in [0.1, 0.15) is 16.2 Å². The van der Waals surface area contributed by atoms with E-state index in [0.29, 0.717) is 17.2 Å². The Kier molecular flexibility index (Phi) is 6.35. The van der Waals surface area contributed by atoms with Crippen molar-refractivity contribution in [1.29, 1.82) is 0 Å². The average molecular weight is 464 g/mol. The number of para-hydroxylation sites is 2. The first-order valence-electron chi connectivity index (χ1n) is 9.86. The number of carbonyl (C=O) groups is 1. The van der Waals surface area contributed by atoms with E-state index in [2.05, 4.69) is 30.6 Å². The predicted octanol–water partition coefficient (Wildman–Crippen LogP) is 0.770. The van der Waals surface area contributed by atoms with Gasteiger partial charge in [0.15, 0.2) is 5.69 Å². The minimum absolute atomic E-state index is 0.0715. The van der Waals surface area contributed by atoms with Crippen LogP contribution < -0.4 is 10.6 Å². The van der Waals surface area contributed by atoms with Gasteiger partial charge in [0.25, 0.3) is 5.91 Å². The number of fused-ring (bicyclic) bond motifs is 1. The third kappa shape index (κ3) is 5.16. The van der Waals surface area contributed by atoms with Gasteiger partial charge in [0.2, 0.25) is 0 Å². The molecule has 4 N–H and O–H groups in total. The molecule has 4 atom stereocenters. The van der Waals surface area contributed by atoms with Crippen molar-refractivity contribution in [1.82, 2.24) is 25.3 Å². The SMILES string of the molecule is O=C(NC[C@H]1OC[C@H](Nc2cncc(C(F)(F)F)n2)[C@@H](O)[C@H]1O)c1cnc2ccccc2n1. The number of aromatic nitrogens is 4. The monoisotopic (exact) mass is 464 g/mol. The maximum Gasteiger partial charge on any atom is 0.434 e. The van der Waals surface area contributed by atoms with E-state index in [0.717, 1.165) is 6.20 Å². The number of aliphatic hydroxyl groups is 2. The molecule has 1 aliphatic rings. The van der Waals surface area contributed by atoms with E-state index < -0.39 is 42.1 Å². The molecule has 1 aliphatic heterocycles. The lowest BCUT2D eigenvalue weighted by Crippen LogP contribution is -2.58. The Bertz CT molecular complexity index is 1150. The number of ether oxygens (including phenoxy) is 1. The number of hydrogen-bond acceptors (Lipinski definition) is 9. The minimum Gasteiger partial charge on any atom is -0.388 e. The lowest BCUT2D eigenvalue weighted by Gasteiger charge is -2.38.